The number of alkyl halides is 3. The molecule has 4 atom stereocenters. The summed E-state index contributed by atoms with van der Waals surface area (Å²) in [6.45, 7) is -1.54. The van der Waals surface area contributed by atoms with Crippen LogP contribution in [0.3, 0.4) is 0 Å². The predicted octanol–water partition coefficient (Wildman–Crippen LogP) is -1.28. The minimum Gasteiger partial charge on any atom is -0.393 e. The van der Waals surface area contributed by atoms with Gasteiger partial charge in [0.25, 0.3) is 5.56 Å². The maximum absolute atomic E-state index is 13.5. The minimum atomic E-state index is -5.72. The van der Waals surface area contributed by atoms with Crippen molar-refractivity contribution in [2.75, 3.05) is 6.61 Å². The predicted molar refractivity (Wildman–Crippen MR) is 67.4 cm³/mol. The van der Waals surface area contributed by atoms with E-state index in [-0.39, 0.29) is 4.57 Å². The van der Waals surface area contributed by atoms with Gasteiger partial charge in [-0.15, -0.1) is 0 Å². The van der Waals surface area contributed by atoms with Gasteiger partial charge in [0.15, 0.2) is 6.23 Å². The fourth-order valence-electron chi connectivity index (χ4n) is 2.20. The largest absolute Gasteiger partial charge is 0.424 e. The molecular weight excluding hydrogens is 343 g/mol. The molecule has 1 fully saturated rings. The topological polar surface area (TPSA) is 174 Å². The Morgan fingerprint density at radius 1 is 1.58 bits per heavy atom. The minimum absolute atomic E-state index is 0.259. The highest BCUT2D eigenvalue weighted by Gasteiger charge is 2.75. The fraction of sp³-hybridized carbons (Fsp3) is 0.600. The maximum atomic E-state index is 13.5. The SMILES string of the molecule is [2H]c1c([2H])n([C@@H]2O[C@@](CO)(N=[N+]=[N-])C(O)[C@]2(O)C(F)(F)F)c(=O)[nH]c1=O. The highest BCUT2D eigenvalue weighted by molar-refractivity contribution is 5.12. The van der Waals surface area contributed by atoms with Gasteiger partial charge >= 0.3 is 11.9 Å². The molecule has 0 amide bonds. The van der Waals surface area contributed by atoms with E-state index in [1.165, 1.54) is 4.98 Å². The molecule has 14 heteroatoms. The first-order valence-corrected chi connectivity index (χ1v) is 6.01. The van der Waals surface area contributed by atoms with Crippen LogP contribution in [0.1, 0.15) is 8.97 Å². The highest BCUT2D eigenvalue weighted by Crippen LogP contribution is 2.52. The van der Waals surface area contributed by atoms with Crippen molar-refractivity contribution in [1.29, 1.82) is 0 Å². The Bertz CT molecular complexity index is 899. The Morgan fingerprint density at radius 2 is 2.21 bits per heavy atom. The summed E-state index contributed by atoms with van der Waals surface area (Å²) in [5.41, 5.74) is -2.00. The Labute approximate surface area is 132 Å². The van der Waals surface area contributed by atoms with Crippen molar-refractivity contribution in [2.24, 2.45) is 5.11 Å². The third-order valence-electron chi connectivity index (χ3n) is 3.39. The van der Waals surface area contributed by atoms with Crippen LogP contribution in [0.15, 0.2) is 26.9 Å². The lowest BCUT2D eigenvalue weighted by molar-refractivity contribution is -0.304. The summed E-state index contributed by atoms with van der Waals surface area (Å²) in [6, 6.07) is -1.24. The molecule has 0 aromatic carbocycles. The summed E-state index contributed by atoms with van der Waals surface area (Å²) in [5.74, 6) is 0. The molecule has 4 N–H and O–H groups in total. The molecule has 0 radical (unpaired) electrons. The molecule has 1 unspecified atom stereocenters. The number of aromatic nitrogens is 2. The Balaban J connectivity index is 2.87. The second-order valence-electron chi connectivity index (χ2n) is 4.75. The van der Waals surface area contributed by atoms with Gasteiger partial charge < -0.3 is 20.1 Å². The Kier molecular flexibility index (Phi) is 3.54. The Morgan fingerprint density at radius 3 is 2.71 bits per heavy atom. The van der Waals surface area contributed by atoms with Gasteiger partial charge in [0.2, 0.25) is 11.3 Å². The van der Waals surface area contributed by atoms with E-state index in [9.17, 15) is 38.1 Å². The van der Waals surface area contributed by atoms with E-state index in [1.807, 2.05) is 0 Å². The van der Waals surface area contributed by atoms with Crippen LogP contribution in [-0.2, 0) is 4.74 Å². The number of azide groups is 1. The number of nitrogens with one attached hydrogen (secondary N) is 1. The molecule has 1 aromatic rings. The van der Waals surface area contributed by atoms with Gasteiger partial charge in [-0.2, -0.15) is 13.2 Å². The highest BCUT2D eigenvalue weighted by atomic mass is 19.4. The van der Waals surface area contributed by atoms with Crippen LogP contribution in [0.2, 0.25) is 0 Å². The first-order chi connectivity index (χ1) is 11.9. The summed E-state index contributed by atoms with van der Waals surface area (Å²) in [4.78, 5) is 26.7. The number of nitrogens with zero attached hydrogens (tertiary/aromatic N) is 4. The van der Waals surface area contributed by atoms with Crippen LogP contribution < -0.4 is 11.2 Å². The molecule has 1 aliphatic rings. The van der Waals surface area contributed by atoms with E-state index >= 15 is 0 Å². The van der Waals surface area contributed by atoms with E-state index in [2.05, 4.69) is 14.8 Å². The van der Waals surface area contributed by atoms with Crippen molar-refractivity contribution in [3.05, 3.63) is 43.5 Å². The molecule has 0 bridgehead atoms. The van der Waals surface area contributed by atoms with Gasteiger partial charge in [-0.3, -0.25) is 14.3 Å². The first kappa shape index (κ1) is 15.2. The normalized spacial score (nSPS) is 34.4. The molecular formula is C10H10F3N5O6. The monoisotopic (exact) mass is 355 g/mol. The van der Waals surface area contributed by atoms with Gasteiger partial charge in [0.05, 0.1) is 9.35 Å². The lowest BCUT2D eigenvalue weighted by Gasteiger charge is -2.33. The zero-order chi connectivity index (χ0) is 20.1. The van der Waals surface area contributed by atoms with E-state index in [0.717, 1.165) is 0 Å². The van der Waals surface area contributed by atoms with Crippen molar-refractivity contribution in [1.82, 2.24) is 9.55 Å². The first-order valence-electron chi connectivity index (χ1n) is 7.01. The van der Waals surface area contributed by atoms with Crippen LogP contribution >= 0.6 is 0 Å². The van der Waals surface area contributed by atoms with E-state index in [1.54, 1.807) is 0 Å². The summed E-state index contributed by atoms with van der Waals surface area (Å²) in [7, 11) is 0. The number of halogens is 3. The standard InChI is InChI=1S/C10H10F3N5O6/c11-10(12,13)9(23)5(21)8(3-19,16-17-14)24-6(9)18-2-1-4(20)15-7(18)22/h1-2,5-6,19,21,23H,3H2,(H,15,20,22)/t5?,6-,8-,9-/m1/s1/i1D,2D. The van der Waals surface area contributed by atoms with Crippen molar-refractivity contribution in [2.45, 2.75) is 29.8 Å². The van der Waals surface area contributed by atoms with E-state index in [0.29, 0.717) is 0 Å². The van der Waals surface area contributed by atoms with Crippen LogP contribution in [-0.4, -0.2) is 55.1 Å². The second-order valence-corrected chi connectivity index (χ2v) is 4.75. The summed E-state index contributed by atoms with van der Waals surface area (Å²) in [6.07, 6.45) is -13.2. The second kappa shape index (κ2) is 5.61. The number of aliphatic hydroxyl groups is 3. The third kappa shape index (κ3) is 2.37. The van der Waals surface area contributed by atoms with Crippen molar-refractivity contribution >= 4 is 0 Å². The number of ether oxygens (including phenoxy) is 1. The molecule has 0 saturated carbocycles. The molecule has 0 spiro atoms. The van der Waals surface area contributed by atoms with Crippen molar-refractivity contribution in [3.63, 3.8) is 0 Å². The van der Waals surface area contributed by atoms with Crippen LogP contribution in [0.25, 0.3) is 10.4 Å². The number of hydrogen-bond acceptors (Lipinski definition) is 7. The van der Waals surface area contributed by atoms with Gasteiger partial charge in [-0.1, -0.05) is 5.11 Å². The average molecular weight is 355 g/mol. The third-order valence-corrected chi connectivity index (χ3v) is 3.39. The quantitative estimate of drug-likeness (QED) is 0.298. The number of aliphatic hydroxyl groups excluding tert-OH is 2. The van der Waals surface area contributed by atoms with Crippen molar-refractivity contribution < 1.29 is 36.0 Å². The molecule has 1 aliphatic heterocycles. The molecule has 0 aliphatic carbocycles. The molecule has 2 heterocycles. The molecule has 2 rings (SSSR count). The molecule has 132 valence electrons. The summed E-state index contributed by atoms with van der Waals surface area (Å²) >= 11 is 0. The van der Waals surface area contributed by atoms with Crippen LogP contribution in [0.4, 0.5) is 13.2 Å². The van der Waals surface area contributed by atoms with Gasteiger partial charge in [0.1, 0.15) is 6.10 Å². The van der Waals surface area contributed by atoms with Gasteiger partial charge in [0, 0.05) is 17.1 Å². The van der Waals surface area contributed by atoms with E-state index < -0.39 is 59.9 Å². The number of rotatable bonds is 3. The van der Waals surface area contributed by atoms with Crippen LogP contribution in [0.5, 0.6) is 0 Å². The van der Waals surface area contributed by atoms with E-state index in [4.69, 9.17) is 8.27 Å². The Hall–Kier alpha value is -2.38. The fourth-order valence-corrected chi connectivity index (χ4v) is 2.20. The summed E-state index contributed by atoms with van der Waals surface area (Å²) in [5, 5.41) is 32.1. The molecule has 24 heavy (non-hydrogen) atoms. The van der Waals surface area contributed by atoms with Crippen LogP contribution in [0, 0.1) is 0 Å². The van der Waals surface area contributed by atoms with Crippen molar-refractivity contribution in [3.8, 4) is 0 Å². The molecule has 1 aromatic heterocycles. The maximum Gasteiger partial charge on any atom is 0.424 e. The molecule has 11 nitrogen and oxygen atoms in total. The number of hydrogen-bond donors (Lipinski definition) is 4. The zero-order valence-corrected chi connectivity index (χ0v) is 11.4. The van der Waals surface area contributed by atoms with Gasteiger partial charge in [-0.25, -0.2) is 4.79 Å². The average Bonchev–Trinajstić information content (AvgIpc) is 2.76. The lowest BCUT2D eigenvalue weighted by Crippen LogP contribution is -2.60. The van der Waals surface area contributed by atoms with Gasteiger partial charge in [-0.05, 0) is 5.53 Å². The lowest BCUT2D eigenvalue weighted by atomic mass is 9.90. The molecule has 1 saturated heterocycles. The number of aromatic amines is 1. The smallest absolute Gasteiger partial charge is 0.393 e. The zero-order valence-electron chi connectivity index (χ0n) is 13.4. The number of H-pyrrole nitrogens is 1. The summed E-state index contributed by atoms with van der Waals surface area (Å²) < 4.78 is 59.7.